The molecule has 0 amide bonds. The molecule has 0 aromatic carbocycles. The Morgan fingerprint density at radius 3 is 2.63 bits per heavy atom. The summed E-state index contributed by atoms with van der Waals surface area (Å²) in [4.78, 5) is 14.6. The molecule has 0 fully saturated rings. The molecule has 5 heteroatoms. The third kappa shape index (κ3) is 3.58. The van der Waals surface area contributed by atoms with Gasteiger partial charge in [-0.15, -0.1) is 11.3 Å². The van der Waals surface area contributed by atoms with Gasteiger partial charge in [-0.05, 0) is 24.9 Å². The molecule has 2 heterocycles. The molecule has 2 rings (SSSR count). The van der Waals surface area contributed by atoms with Crippen LogP contribution in [0.4, 0.5) is 0 Å². The van der Waals surface area contributed by atoms with Gasteiger partial charge in [0.25, 0.3) is 0 Å². The average molecular weight is 276 g/mol. The largest absolute Gasteiger partial charge is 0.312 e. The van der Waals surface area contributed by atoms with E-state index in [4.69, 9.17) is 4.98 Å². The van der Waals surface area contributed by atoms with Crippen LogP contribution in [0.25, 0.3) is 10.8 Å². The Labute approximate surface area is 118 Å². The monoisotopic (exact) mass is 276 g/mol. The van der Waals surface area contributed by atoms with Crippen LogP contribution in [-0.4, -0.2) is 21.5 Å². The molecule has 2 aromatic rings. The molecule has 4 nitrogen and oxygen atoms in total. The molecule has 102 valence electrons. The Kier molecular flexibility index (Phi) is 4.99. The number of rotatable bonds is 6. The Hall–Kier alpha value is -1.33. The highest BCUT2D eigenvalue weighted by Crippen LogP contribution is 2.29. The van der Waals surface area contributed by atoms with Crippen molar-refractivity contribution in [3.8, 4) is 10.8 Å². The first-order valence-corrected chi connectivity index (χ1v) is 7.51. The molecular formula is C14H20N4S. The Morgan fingerprint density at radius 2 is 2.00 bits per heavy atom. The van der Waals surface area contributed by atoms with Gasteiger partial charge in [-0.2, -0.15) is 0 Å². The van der Waals surface area contributed by atoms with Crippen molar-refractivity contribution >= 4 is 11.3 Å². The highest BCUT2D eigenvalue weighted by molar-refractivity contribution is 7.15. The van der Waals surface area contributed by atoms with Gasteiger partial charge in [-0.25, -0.2) is 15.0 Å². The summed E-state index contributed by atoms with van der Waals surface area (Å²) in [6.45, 7) is 8.44. The molecule has 0 saturated carbocycles. The van der Waals surface area contributed by atoms with Gasteiger partial charge in [0.05, 0.1) is 5.69 Å². The number of nitrogens with zero attached hydrogens (tertiary/aromatic N) is 3. The van der Waals surface area contributed by atoms with Crippen molar-refractivity contribution in [3.05, 3.63) is 29.0 Å². The molecule has 0 aliphatic rings. The van der Waals surface area contributed by atoms with Gasteiger partial charge in [-0.1, -0.05) is 20.8 Å². The van der Waals surface area contributed by atoms with E-state index in [1.165, 1.54) is 4.88 Å². The number of aromatic nitrogens is 3. The molecule has 0 saturated heterocycles. The van der Waals surface area contributed by atoms with Gasteiger partial charge in [0, 0.05) is 23.8 Å². The molecule has 0 spiro atoms. The first-order valence-electron chi connectivity index (χ1n) is 6.70. The molecule has 19 heavy (non-hydrogen) atoms. The highest BCUT2D eigenvalue weighted by atomic mass is 32.1. The summed E-state index contributed by atoms with van der Waals surface area (Å²) in [6, 6.07) is 1.82. The van der Waals surface area contributed by atoms with Crippen LogP contribution < -0.4 is 5.32 Å². The number of thiazole rings is 1. The Bertz CT molecular complexity index is 507. The third-order valence-electron chi connectivity index (χ3n) is 2.74. The van der Waals surface area contributed by atoms with Crippen LogP contribution >= 0.6 is 11.3 Å². The average Bonchev–Trinajstić information content (AvgIpc) is 2.84. The smallest absolute Gasteiger partial charge is 0.188 e. The van der Waals surface area contributed by atoms with Gasteiger partial charge < -0.3 is 5.32 Å². The van der Waals surface area contributed by atoms with E-state index in [0.29, 0.717) is 5.92 Å². The van der Waals surface area contributed by atoms with E-state index in [9.17, 15) is 0 Å². The second kappa shape index (κ2) is 6.73. The molecule has 2 aromatic heterocycles. The summed E-state index contributed by atoms with van der Waals surface area (Å²) < 4.78 is 0. The van der Waals surface area contributed by atoms with Gasteiger partial charge in [0.1, 0.15) is 0 Å². The minimum Gasteiger partial charge on any atom is -0.312 e. The number of nitrogens with one attached hydrogen (secondary N) is 1. The Morgan fingerprint density at radius 1 is 1.26 bits per heavy atom. The summed E-state index contributed by atoms with van der Waals surface area (Å²) in [5.41, 5.74) is 1.16. The van der Waals surface area contributed by atoms with Crippen molar-refractivity contribution in [2.24, 2.45) is 0 Å². The lowest BCUT2D eigenvalue weighted by Crippen LogP contribution is -2.14. The molecule has 1 N–H and O–H groups in total. The summed E-state index contributed by atoms with van der Waals surface area (Å²) in [7, 11) is 0. The van der Waals surface area contributed by atoms with Gasteiger partial charge >= 0.3 is 0 Å². The quantitative estimate of drug-likeness (QED) is 0.823. The van der Waals surface area contributed by atoms with Crippen molar-refractivity contribution in [2.75, 3.05) is 6.54 Å². The van der Waals surface area contributed by atoms with Gasteiger partial charge in [0.15, 0.2) is 10.8 Å². The zero-order valence-corrected chi connectivity index (χ0v) is 12.5. The summed E-state index contributed by atoms with van der Waals surface area (Å²) in [5, 5.41) is 4.36. The summed E-state index contributed by atoms with van der Waals surface area (Å²) >= 11 is 1.69. The summed E-state index contributed by atoms with van der Waals surface area (Å²) in [6.07, 6.45) is 4.66. The zero-order chi connectivity index (χ0) is 13.7. The van der Waals surface area contributed by atoms with Crippen LogP contribution in [0.1, 0.15) is 43.7 Å². The van der Waals surface area contributed by atoms with E-state index in [1.807, 2.05) is 6.07 Å². The van der Waals surface area contributed by atoms with Crippen LogP contribution in [0, 0.1) is 0 Å². The molecule has 0 atom stereocenters. The van der Waals surface area contributed by atoms with E-state index in [2.05, 4.69) is 36.1 Å². The fourth-order valence-electron chi connectivity index (χ4n) is 1.83. The minimum atomic E-state index is 0.423. The second-order valence-corrected chi connectivity index (χ2v) is 5.81. The number of hydrogen-bond acceptors (Lipinski definition) is 5. The predicted octanol–water partition coefficient (Wildman–Crippen LogP) is 3.22. The van der Waals surface area contributed by atoms with Crippen LogP contribution in [0.15, 0.2) is 18.5 Å². The maximum atomic E-state index is 4.71. The topological polar surface area (TPSA) is 50.7 Å². The molecule has 0 unspecified atom stereocenters. The van der Waals surface area contributed by atoms with Crippen LogP contribution in [-0.2, 0) is 6.54 Å². The first-order chi connectivity index (χ1) is 9.22. The lowest BCUT2D eigenvalue weighted by molar-refractivity contribution is 0.670. The van der Waals surface area contributed by atoms with Crippen molar-refractivity contribution in [3.63, 3.8) is 0 Å². The molecule has 0 bridgehead atoms. The normalized spacial score (nSPS) is 11.2. The summed E-state index contributed by atoms with van der Waals surface area (Å²) in [5.74, 6) is 1.14. The molecule has 0 aliphatic heterocycles. The van der Waals surface area contributed by atoms with Crippen molar-refractivity contribution in [1.82, 2.24) is 20.3 Å². The second-order valence-electron chi connectivity index (χ2n) is 4.73. The fourth-order valence-corrected chi connectivity index (χ4v) is 2.96. The highest BCUT2D eigenvalue weighted by Gasteiger charge is 2.16. The third-order valence-corrected chi connectivity index (χ3v) is 3.81. The van der Waals surface area contributed by atoms with Crippen molar-refractivity contribution in [1.29, 1.82) is 0 Å². The van der Waals surface area contributed by atoms with E-state index in [0.717, 1.165) is 36.0 Å². The standard InChI is InChI=1S/C14H20N4S/c1-4-6-15-9-11-12(10(2)3)18-14(19-11)13-16-7-5-8-17-13/h5,7-8,10,15H,4,6,9H2,1-3H3. The molecule has 0 radical (unpaired) electrons. The maximum Gasteiger partial charge on any atom is 0.188 e. The number of hydrogen-bond donors (Lipinski definition) is 1. The molecule has 0 aliphatic carbocycles. The lowest BCUT2D eigenvalue weighted by atomic mass is 10.1. The Balaban J connectivity index is 2.25. The van der Waals surface area contributed by atoms with Crippen LogP contribution in [0.5, 0.6) is 0 Å². The fraction of sp³-hybridized carbons (Fsp3) is 0.500. The molecular weight excluding hydrogens is 256 g/mol. The van der Waals surface area contributed by atoms with Crippen LogP contribution in [0.2, 0.25) is 0 Å². The maximum absolute atomic E-state index is 4.71. The lowest BCUT2D eigenvalue weighted by Gasteiger charge is -2.05. The van der Waals surface area contributed by atoms with Gasteiger partial charge in [-0.3, -0.25) is 0 Å². The van der Waals surface area contributed by atoms with E-state index in [-0.39, 0.29) is 0 Å². The van der Waals surface area contributed by atoms with E-state index >= 15 is 0 Å². The first kappa shape index (κ1) is 14.1. The predicted molar refractivity (Wildman–Crippen MR) is 79.2 cm³/mol. The zero-order valence-electron chi connectivity index (χ0n) is 11.7. The van der Waals surface area contributed by atoms with Crippen LogP contribution in [0.3, 0.4) is 0 Å². The minimum absolute atomic E-state index is 0.423. The SMILES string of the molecule is CCCNCc1sc(-c2ncccn2)nc1C(C)C. The van der Waals surface area contributed by atoms with Gasteiger partial charge in [0.2, 0.25) is 0 Å². The van der Waals surface area contributed by atoms with Crippen molar-refractivity contribution in [2.45, 2.75) is 39.7 Å². The van der Waals surface area contributed by atoms with E-state index in [1.54, 1.807) is 23.7 Å². The van der Waals surface area contributed by atoms with E-state index < -0.39 is 0 Å². The van der Waals surface area contributed by atoms with Crippen molar-refractivity contribution < 1.29 is 0 Å².